The highest BCUT2D eigenvalue weighted by Crippen LogP contribution is 2.37. The number of hydrogen-bond acceptors (Lipinski definition) is 4. The molecule has 2 fully saturated rings. The number of ether oxygens (including phenoxy) is 1. The van der Waals surface area contributed by atoms with Gasteiger partial charge in [-0.2, -0.15) is 26.3 Å². The fraction of sp³-hybridized carbons (Fsp3) is 0.571. The summed E-state index contributed by atoms with van der Waals surface area (Å²) in [7, 11) is 0. The number of anilines is 1. The third-order valence-electron chi connectivity index (χ3n) is 5.67. The molecule has 0 bridgehead atoms. The number of halogens is 6. The maximum atomic E-state index is 13.0. The molecular formula is C21H25F6N3O2. The Labute approximate surface area is 181 Å². The van der Waals surface area contributed by atoms with Crippen molar-refractivity contribution in [1.82, 2.24) is 10.2 Å². The number of likely N-dealkylation sites (tertiary alicyclic amines) is 1. The number of benzene rings is 1. The molecule has 5 nitrogen and oxygen atoms in total. The number of amides is 1. The molecule has 32 heavy (non-hydrogen) atoms. The molecule has 3 rings (SSSR count). The predicted molar refractivity (Wildman–Crippen MR) is 106 cm³/mol. The molecule has 2 saturated heterocycles. The van der Waals surface area contributed by atoms with Gasteiger partial charge in [0.15, 0.2) is 0 Å². The summed E-state index contributed by atoms with van der Waals surface area (Å²) in [4.78, 5) is 14.4. The van der Waals surface area contributed by atoms with Gasteiger partial charge in [0.1, 0.15) is 6.10 Å². The Morgan fingerprint density at radius 3 is 2.19 bits per heavy atom. The van der Waals surface area contributed by atoms with Crippen molar-refractivity contribution in [3.63, 3.8) is 0 Å². The van der Waals surface area contributed by atoms with Crippen LogP contribution in [0.2, 0.25) is 0 Å². The third kappa shape index (κ3) is 6.38. The number of hydrogen-bond donors (Lipinski definition) is 2. The molecule has 1 atom stereocenters. The Morgan fingerprint density at radius 1 is 1.09 bits per heavy atom. The minimum Gasteiger partial charge on any atom is -0.373 e. The standard InChI is InChI=1S/C21H25F6N3O2/c1-13(18-12-28-4-7-32-18)30-5-2-14(3-6-30)8-19(31)29-17-10-15(20(22,23)24)9-16(11-17)21(25,26)27/h9-11,14,18,28H,1-8,12H2,(H,29,31). The van der Waals surface area contributed by atoms with E-state index in [9.17, 15) is 31.1 Å². The first kappa shape index (κ1) is 24.4. The summed E-state index contributed by atoms with van der Waals surface area (Å²) in [6.45, 7) is 7.47. The maximum absolute atomic E-state index is 13.0. The Morgan fingerprint density at radius 2 is 1.69 bits per heavy atom. The molecule has 1 amide bonds. The van der Waals surface area contributed by atoms with Gasteiger partial charge in [0.2, 0.25) is 5.91 Å². The number of carbonyl (C=O) groups excluding carboxylic acids is 1. The van der Waals surface area contributed by atoms with E-state index in [4.69, 9.17) is 4.74 Å². The van der Waals surface area contributed by atoms with Crippen LogP contribution in [0.3, 0.4) is 0 Å². The van der Waals surface area contributed by atoms with Gasteiger partial charge in [-0.3, -0.25) is 4.79 Å². The van der Waals surface area contributed by atoms with E-state index in [0.29, 0.717) is 51.2 Å². The molecule has 2 N–H and O–H groups in total. The smallest absolute Gasteiger partial charge is 0.373 e. The summed E-state index contributed by atoms with van der Waals surface area (Å²) in [6, 6.07) is 1.06. The molecule has 0 aromatic heterocycles. The van der Waals surface area contributed by atoms with Crippen molar-refractivity contribution < 1.29 is 35.9 Å². The van der Waals surface area contributed by atoms with Gasteiger partial charge in [-0.15, -0.1) is 0 Å². The van der Waals surface area contributed by atoms with Gasteiger partial charge >= 0.3 is 12.4 Å². The zero-order valence-corrected chi connectivity index (χ0v) is 17.3. The van der Waals surface area contributed by atoms with Crippen LogP contribution in [-0.4, -0.2) is 49.7 Å². The van der Waals surface area contributed by atoms with Gasteiger partial charge in [-0.05, 0) is 37.0 Å². The third-order valence-corrected chi connectivity index (χ3v) is 5.67. The average Bonchev–Trinajstić information content (AvgIpc) is 2.73. The fourth-order valence-electron chi connectivity index (χ4n) is 3.91. The van der Waals surface area contributed by atoms with Gasteiger partial charge in [-0.25, -0.2) is 0 Å². The summed E-state index contributed by atoms with van der Waals surface area (Å²) in [5.74, 6) is -0.646. The number of rotatable bonds is 5. The molecule has 0 aliphatic carbocycles. The Bertz CT molecular complexity index is 794. The molecule has 1 aromatic rings. The van der Waals surface area contributed by atoms with Crippen LogP contribution in [-0.2, 0) is 21.9 Å². The Hall–Kier alpha value is -2.27. The van der Waals surface area contributed by atoms with E-state index >= 15 is 0 Å². The van der Waals surface area contributed by atoms with Crippen molar-refractivity contribution in [3.05, 3.63) is 41.6 Å². The lowest BCUT2D eigenvalue weighted by atomic mass is 9.92. The first-order valence-electron chi connectivity index (χ1n) is 10.3. The highest BCUT2D eigenvalue weighted by atomic mass is 19.4. The number of nitrogens with one attached hydrogen (secondary N) is 2. The van der Waals surface area contributed by atoms with Crippen LogP contribution < -0.4 is 10.6 Å². The highest BCUT2D eigenvalue weighted by Gasteiger charge is 2.37. The molecule has 11 heteroatoms. The zero-order valence-electron chi connectivity index (χ0n) is 17.3. The molecule has 0 radical (unpaired) electrons. The first-order chi connectivity index (χ1) is 14.9. The van der Waals surface area contributed by atoms with Gasteiger partial charge < -0.3 is 20.3 Å². The molecule has 2 heterocycles. The molecule has 2 aliphatic rings. The normalized spacial score (nSPS) is 20.8. The average molecular weight is 465 g/mol. The summed E-state index contributed by atoms with van der Waals surface area (Å²) in [5, 5.41) is 5.43. The molecule has 0 spiro atoms. The number of morpholine rings is 1. The zero-order chi connectivity index (χ0) is 23.5. The maximum Gasteiger partial charge on any atom is 0.416 e. The van der Waals surface area contributed by atoms with Gasteiger partial charge in [-0.1, -0.05) is 6.58 Å². The van der Waals surface area contributed by atoms with Crippen molar-refractivity contribution in [1.29, 1.82) is 0 Å². The second-order valence-corrected chi connectivity index (χ2v) is 8.03. The Balaban J connectivity index is 1.56. The first-order valence-corrected chi connectivity index (χ1v) is 10.3. The monoisotopic (exact) mass is 465 g/mol. The Kier molecular flexibility index (Phi) is 7.39. The van der Waals surface area contributed by atoms with E-state index in [2.05, 4.69) is 22.1 Å². The van der Waals surface area contributed by atoms with E-state index in [0.717, 1.165) is 12.2 Å². The van der Waals surface area contributed by atoms with Crippen molar-refractivity contribution in [2.45, 2.75) is 37.7 Å². The largest absolute Gasteiger partial charge is 0.416 e. The lowest BCUT2D eigenvalue weighted by Crippen LogP contribution is -2.45. The van der Waals surface area contributed by atoms with Crippen molar-refractivity contribution in [3.8, 4) is 0 Å². The van der Waals surface area contributed by atoms with Gasteiger partial charge in [0.05, 0.1) is 17.7 Å². The fourth-order valence-corrected chi connectivity index (χ4v) is 3.91. The van der Waals surface area contributed by atoms with Crippen LogP contribution in [0.5, 0.6) is 0 Å². The lowest BCUT2D eigenvalue weighted by molar-refractivity contribution is -0.143. The summed E-state index contributed by atoms with van der Waals surface area (Å²) < 4.78 is 83.6. The van der Waals surface area contributed by atoms with E-state index in [-0.39, 0.29) is 24.5 Å². The SMILES string of the molecule is C=C(C1CNCCO1)N1CCC(CC(=O)Nc2cc(C(F)(F)F)cc(C(F)(F)F)c2)CC1. The van der Waals surface area contributed by atoms with E-state index < -0.39 is 35.1 Å². The van der Waals surface area contributed by atoms with Crippen molar-refractivity contribution in [2.75, 3.05) is 38.1 Å². The molecule has 1 unspecified atom stereocenters. The van der Waals surface area contributed by atoms with E-state index in [1.807, 2.05) is 0 Å². The van der Waals surface area contributed by atoms with Crippen LogP contribution in [0.4, 0.5) is 32.0 Å². The molecule has 1 aromatic carbocycles. The van der Waals surface area contributed by atoms with Crippen LogP contribution in [0.1, 0.15) is 30.4 Å². The van der Waals surface area contributed by atoms with E-state index in [1.165, 1.54) is 0 Å². The summed E-state index contributed by atoms with van der Waals surface area (Å²) in [5.41, 5.74) is -2.59. The highest BCUT2D eigenvalue weighted by molar-refractivity contribution is 5.91. The van der Waals surface area contributed by atoms with Crippen molar-refractivity contribution in [2.24, 2.45) is 5.92 Å². The minimum atomic E-state index is -4.96. The number of alkyl halides is 6. The van der Waals surface area contributed by atoms with Crippen LogP contribution in [0.15, 0.2) is 30.5 Å². The van der Waals surface area contributed by atoms with Crippen LogP contribution >= 0.6 is 0 Å². The van der Waals surface area contributed by atoms with E-state index in [1.54, 1.807) is 0 Å². The van der Waals surface area contributed by atoms with Crippen LogP contribution in [0, 0.1) is 5.92 Å². The molecule has 178 valence electrons. The van der Waals surface area contributed by atoms with Crippen LogP contribution in [0.25, 0.3) is 0 Å². The van der Waals surface area contributed by atoms with Gasteiger partial charge in [0.25, 0.3) is 0 Å². The topological polar surface area (TPSA) is 53.6 Å². The number of nitrogens with zero attached hydrogens (tertiary/aromatic N) is 1. The van der Waals surface area contributed by atoms with Gasteiger partial charge in [0, 0.05) is 44.0 Å². The predicted octanol–water partition coefficient (Wildman–Crippen LogP) is 4.27. The molecular weight excluding hydrogens is 440 g/mol. The molecule has 2 aliphatic heterocycles. The molecule has 0 saturated carbocycles. The minimum absolute atomic E-state index is 0.0133. The number of piperidine rings is 1. The lowest BCUT2D eigenvalue weighted by Gasteiger charge is -2.38. The second-order valence-electron chi connectivity index (χ2n) is 8.03. The second kappa shape index (κ2) is 9.70. The summed E-state index contributed by atoms with van der Waals surface area (Å²) in [6.07, 6.45) is -8.71. The van der Waals surface area contributed by atoms with Crippen molar-refractivity contribution >= 4 is 11.6 Å². The number of carbonyl (C=O) groups is 1. The summed E-state index contributed by atoms with van der Waals surface area (Å²) >= 11 is 0. The quantitative estimate of drug-likeness (QED) is 0.638.